The molecule has 10 heteroatoms. The van der Waals surface area contributed by atoms with Crippen molar-refractivity contribution in [3.05, 3.63) is 87.6 Å². The number of aromatic nitrogens is 1. The number of nitrogens with one attached hydrogen (secondary N) is 1. The first kappa shape index (κ1) is 24.3. The minimum atomic E-state index is -3.77. The number of carbonyl (C=O) groups is 1. The first-order valence-electron chi connectivity index (χ1n) is 10.5. The van der Waals surface area contributed by atoms with Crippen LogP contribution in [0.1, 0.15) is 17.3 Å². The molecule has 1 amide bonds. The van der Waals surface area contributed by atoms with Crippen LogP contribution in [0.15, 0.2) is 87.2 Å². The van der Waals surface area contributed by atoms with Gasteiger partial charge in [-0.2, -0.15) is 4.99 Å². The summed E-state index contributed by atoms with van der Waals surface area (Å²) in [6, 6.07) is 20.3. The molecule has 0 saturated heterocycles. The van der Waals surface area contributed by atoms with E-state index >= 15 is 0 Å². The number of nitrogens with zero attached hydrogens (tertiary/aromatic N) is 2. The number of rotatable bonds is 8. The molecule has 1 N–H and O–H groups in total. The molecule has 34 heavy (non-hydrogen) atoms. The summed E-state index contributed by atoms with van der Waals surface area (Å²) in [7, 11) is -3.77. The number of carbonyl (C=O) groups excluding carboxylic acids is 1. The second kappa shape index (κ2) is 10.6. The van der Waals surface area contributed by atoms with Crippen molar-refractivity contribution in [2.45, 2.75) is 18.4 Å². The molecule has 0 radical (unpaired) electrons. The molecular formula is C24H22BrN3O4S2. The van der Waals surface area contributed by atoms with Crippen LogP contribution in [-0.4, -0.2) is 32.1 Å². The monoisotopic (exact) mass is 559 g/mol. The Bertz CT molecular complexity index is 1500. The number of ether oxygens (including phenoxy) is 1. The molecule has 0 aliphatic carbocycles. The smallest absolute Gasteiger partial charge is 0.279 e. The van der Waals surface area contributed by atoms with Gasteiger partial charge in [0.2, 0.25) is 0 Å². The molecule has 0 fully saturated rings. The van der Waals surface area contributed by atoms with Crippen LogP contribution in [-0.2, 0) is 21.3 Å². The number of benzene rings is 3. The van der Waals surface area contributed by atoms with E-state index < -0.39 is 15.9 Å². The minimum absolute atomic E-state index is 0.142. The van der Waals surface area contributed by atoms with E-state index in [1.165, 1.54) is 29.5 Å². The second-order valence-corrected chi connectivity index (χ2v) is 10.9. The van der Waals surface area contributed by atoms with Crippen LogP contribution in [0.2, 0.25) is 0 Å². The van der Waals surface area contributed by atoms with Gasteiger partial charge in [0, 0.05) is 28.9 Å². The van der Waals surface area contributed by atoms with Crippen molar-refractivity contribution in [1.29, 1.82) is 0 Å². The standard InChI is InChI=1S/C24H22BrN3O4S2/c1-2-32-14-13-28-21-12-11-18(25)16-22(21)33-24(28)26-23(29)17-7-6-8-19(15-17)27-34(30,31)20-9-4-3-5-10-20/h3-12,15-16,27H,2,13-14H2,1H3. The zero-order valence-electron chi connectivity index (χ0n) is 18.3. The summed E-state index contributed by atoms with van der Waals surface area (Å²) in [6.07, 6.45) is 0. The summed E-state index contributed by atoms with van der Waals surface area (Å²) in [5.74, 6) is -0.462. The fourth-order valence-corrected chi connectivity index (χ4v) is 6.01. The van der Waals surface area contributed by atoms with Gasteiger partial charge in [-0.3, -0.25) is 9.52 Å². The molecule has 0 bridgehead atoms. The van der Waals surface area contributed by atoms with Crippen LogP contribution in [0.5, 0.6) is 0 Å². The zero-order chi connectivity index (χ0) is 24.1. The average Bonchev–Trinajstić information content (AvgIpc) is 3.15. The lowest BCUT2D eigenvalue weighted by Crippen LogP contribution is -2.20. The Morgan fingerprint density at radius 2 is 1.88 bits per heavy atom. The predicted octanol–water partition coefficient (Wildman–Crippen LogP) is 5.04. The number of amides is 1. The number of halogens is 1. The molecule has 0 aliphatic rings. The maximum absolute atomic E-state index is 13.0. The van der Waals surface area contributed by atoms with Gasteiger partial charge < -0.3 is 9.30 Å². The van der Waals surface area contributed by atoms with Crippen LogP contribution < -0.4 is 9.52 Å². The highest BCUT2D eigenvalue weighted by Gasteiger charge is 2.15. The lowest BCUT2D eigenvalue weighted by atomic mass is 10.2. The van der Waals surface area contributed by atoms with E-state index in [1.54, 1.807) is 36.4 Å². The Balaban J connectivity index is 1.66. The van der Waals surface area contributed by atoms with E-state index in [2.05, 4.69) is 25.6 Å². The summed E-state index contributed by atoms with van der Waals surface area (Å²) < 4.78 is 37.2. The molecule has 1 heterocycles. The maximum Gasteiger partial charge on any atom is 0.279 e. The number of thiazole rings is 1. The molecule has 3 aromatic carbocycles. The predicted molar refractivity (Wildman–Crippen MR) is 138 cm³/mol. The summed E-state index contributed by atoms with van der Waals surface area (Å²) in [6.45, 7) is 3.58. The summed E-state index contributed by atoms with van der Waals surface area (Å²) in [5, 5.41) is 0. The normalized spacial score (nSPS) is 12.2. The van der Waals surface area contributed by atoms with Crippen LogP contribution in [0, 0.1) is 0 Å². The van der Waals surface area contributed by atoms with Gasteiger partial charge in [-0.05, 0) is 55.5 Å². The largest absolute Gasteiger partial charge is 0.380 e. The Morgan fingerprint density at radius 3 is 2.65 bits per heavy atom. The molecule has 7 nitrogen and oxygen atoms in total. The first-order chi connectivity index (χ1) is 16.4. The van der Waals surface area contributed by atoms with Crippen LogP contribution in [0.25, 0.3) is 10.2 Å². The molecular weight excluding hydrogens is 538 g/mol. The van der Waals surface area contributed by atoms with Crippen molar-refractivity contribution in [3.63, 3.8) is 0 Å². The van der Waals surface area contributed by atoms with Gasteiger partial charge in [-0.15, -0.1) is 0 Å². The molecule has 0 spiro atoms. The summed E-state index contributed by atoms with van der Waals surface area (Å²) in [5.41, 5.74) is 1.53. The molecule has 1 aromatic heterocycles. The fraction of sp³-hybridized carbons (Fsp3) is 0.167. The highest BCUT2D eigenvalue weighted by atomic mass is 79.9. The molecule has 0 atom stereocenters. The Labute approximate surface area is 209 Å². The highest BCUT2D eigenvalue weighted by Crippen LogP contribution is 2.23. The van der Waals surface area contributed by atoms with Gasteiger partial charge in [0.15, 0.2) is 4.80 Å². The van der Waals surface area contributed by atoms with E-state index in [0.717, 1.165) is 14.7 Å². The number of fused-ring (bicyclic) bond motifs is 1. The maximum atomic E-state index is 13.0. The second-order valence-electron chi connectivity index (χ2n) is 7.26. The summed E-state index contributed by atoms with van der Waals surface area (Å²) in [4.78, 5) is 18.1. The quantitative estimate of drug-likeness (QED) is 0.306. The van der Waals surface area contributed by atoms with E-state index in [1.807, 2.05) is 29.7 Å². The number of sulfonamides is 1. The molecule has 4 aromatic rings. The molecule has 176 valence electrons. The minimum Gasteiger partial charge on any atom is -0.380 e. The summed E-state index contributed by atoms with van der Waals surface area (Å²) >= 11 is 4.89. The van der Waals surface area contributed by atoms with Crippen molar-refractivity contribution in [3.8, 4) is 0 Å². The van der Waals surface area contributed by atoms with Crippen LogP contribution in [0.4, 0.5) is 5.69 Å². The van der Waals surface area contributed by atoms with E-state index in [4.69, 9.17) is 4.74 Å². The van der Waals surface area contributed by atoms with Gasteiger partial charge in [0.1, 0.15) is 0 Å². The van der Waals surface area contributed by atoms with Gasteiger partial charge in [-0.1, -0.05) is 51.5 Å². The third-order valence-electron chi connectivity index (χ3n) is 4.92. The highest BCUT2D eigenvalue weighted by molar-refractivity contribution is 9.10. The molecule has 0 saturated carbocycles. The lowest BCUT2D eigenvalue weighted by molar-refractivity contribution is 0.0996. The van der Waals surface area contributed by atoms with Crippen molar-refractivity contribution in [2.75, 3.05) is 17.9 Å². The molecule has 4 rings (SSSR count). The Hall–Kier alpha value is -2.79. The fourth-order valence-electron chi connectivity index (χ4n) is 3.33. The number of anilines is 1. The van der Waals surface area contributed by atoms with Crippen molar-refractivity contribution < 1.29 is 17.9 Å². The molecule has 0 aliphatic heterocycles. The Morgan fingerprint density at radius 1 is 1.09 bits per heavy atom. The van der Waals surface area contributed by atoms with Gasteiger partial charge >= 0.3 is 0 Å². The third-order valence-corrected chi connectivity index (χ3v) is 7.85. The first-order valence-corrected chi connectivity index (χ1v) is 13.6. The number of hydrogen-bond donors (Lipinski definition) is 1. The van der Waals surface area contributed by atoms with Crippen LogP contribution >= 0.6 is 27.3 Å². The van der Waals surface area contributed by atoms with Crippen LogP contribution in [0.3, 0.4) is 0 Å². The number of hydrogen-bond acceptors (Lipinski definition) is 5. The van der Waals surface area contributed by atoms with Crippen molar-refractivity contribution >= 4 is 59.1 Å². The van der Waals surface area contributed by atoms with Gasteiger partial charge in [-0.25, -0.2) is 8.42 Å². The van der Waals surface area contributed by atoms with Crippen molar-refractivity contribution in [1.82, 2.24) is 4.57 Å². The van der Waals surface area contributed by atoms with E-state index in [-0.39, 0.29) is 16.1 Å². The zero-order valence-corrected chi connectivity index (χ0v) is 21.5. The van der Waals surface area contributed by atoms with E-state index in [0.29, 0.717) is 24.6 Å². The van der Waals surface area contributed by atoms with Gasteiger partial charge in [0.25, 0.3) is 15.9 Å². The third kappa shape index (κ3) is 5.64. The topological polar surface area (TPSA) is 89.8 Å². The Kier molecular flexibility index (Phi) is 7.62. The van der Waals surface area contributed by atoms with Gasteiger partial charge in [0.05, 0.1) is 21.7 Å². The molecule has 0 unspecified atom stereocenters. The lowest BCUT2D eigenvalue weighted by Gasteiger charge is -2.08. The SMILES string of the molecule is CCOCCn1c(=NC(=O)c2cccc(NS(=O)(=O)c3ccccc3)c2)sc2cc(Br)ccc21. The van der Waals surface area contributed by atoms with E-state index in [9.17, 15) is 13.2 Å². The average molecular weight is 560 g/mol. The van der Waals surface area contributed by atoms with Crippen molar-refractivity contribution in [2.24, 2.45) is 4.99 Å².